The van der Waals surface area contributed by atoms with Crippen molar-refractivity contribution < 1.29 is 19.1 Å². The van der Waals surface area contributed by atoms with Crippen molar-refractivity contribution >= 4 is 35.1 Å². The average molecular weight is 441 g/mol. The first kappa shape index (κ1) is 22.0. The third-order valence-electron chi connectivity index (χ3n) is 4.53. The number of benzene rings is 2. The lowest BCUT2D eigenvalue weighted by Gasteiger charge is -2.09. The molecule has 0 radical (unpaired) electrons. The number of hydrogen-bond donors (Lipinski definition) is 2. The first-order chi connectivity index (χ1) is 14.9. The van der Waals surface area contributed by atoms with Crippen LogP contribution in [-0.4, -0.2) is 41.2 Å². The summed E-state index contributed by atoms with van der Waals surface area (Å²) in [7, 11) is 1.24. The number of hydrogen-bond acceptors (Lipinski definition) is 5. The topological polar surface area (TPSA) is 102 Å². The second-order valence-electron chi connectivity index (χ2n) is 6.54. The van der Waals surface area contributed by atoms with Gasteiger partial charge >= 0.3 is 5.97 Å². The molecule has 0 saturated carbocycles. The minimum Gasteiger partial charge on any atom is -0.468 e. The lowest BCUT2D eigenvalue weighted by Crippen LogP contribution is -2.30. The number of methoxy groups -OCH3 is 1. The molecule has 0 aliphatic heterocycles. The predicted molar refractivity (Wildman–Crippen MR) is 117 cm³/mol. The fourth-order valence-corrected chi connectivity index (χ4v) is 3.15. The summed E-state index contributed by atoms with van der Waals surface area (Å²) in [5, 5.41) is 10.2. The van der Waals surface area contributed by atoms with Crippen LogP contribution in [0.15, 0.2) is 54.7 Å². The number of nitrogens with zero attached hydrogens (tertiary/aromatic N) is 2. The summed E-state index contributed by atoms with van der Waals surface area (Å²) in [4.78, 5) is 36.0. The number of amides is 2. The quantitative estimate of drug-likeness (QED) is 0.549. The van der Waals surface area contributed by atoms with Crippen LogP contribution in [0, 0.1) is 0 Å². The number of rotatable bonds is 7. The Balaban J connectivity index is 1.72. The van der Waals surface area contributed by atoms with Crippen LogP contribution in [0.5, 0.6) is 0 Å². The number of ether oxygens (including phenoxy) is 1. The normalized spacial score (nSPS) is 10.4. The summed E-state index contributed by atoms with van der Waals surface area (Å²) < 4.78 is 6.17. The van der Waals surface area contributed by atoms with E-state index in [9.17, 15) is 14.4 Å². The molecule has 2 N–H and O–H groups in total. The maximum absolute atomic E-state index is 12.8. The maximum atomic E-state index is 12.8. The highest BCUT2D eigenvalue weighted by Gasteiger charge is 2.18. The molecule has 0 aliphatic carbocycles. The highest BCUT2D eigenvalue weighted by atomic mass is 35.5. The summed E-state index contributed by atoms with van der Waals surface area (Å²) in [6.45, 7) is 1.72. The fraction of sp³-hybridized carbons (Fsp3) is 0.182. The van der Waals surface area contributed by atoms with Gasteiger partial charge in [-0.2, -0.15) is 5.10 Å². The van der Waals surface area contributed by atoms with Crippen LogP contribution in [0.2, 0.25) is 5.02 Å². The molecule has 0 unspecified atom stereocenters. The minimum atomic E-state index is -0.540. The van der Waals surface area contributed by atoms with Gasteiger partial charge in [0.25, 0.3) is 11.8 Å². The van der Waals surface area contributed by atoms with Gasteiger partial charge in [-0.25, -0.2) is 4.68 Å². The summed E-state index contributed by atoms with van der Waals surface area (Å²) in [5.41, 5.74) is 2.84. The molecule has 1 heterocycles. The zero-order chi connectivity index (χ0) is 22.4. The highest BCUT2D eigenvalue weighted by molar-refractivity contribution is 6.30. The molecule has 2 amide bonds. The van der Waals surface area contributed by atoms with Crippen LogP contribution >= 0.6 is 11.6 Å². The van der Waals surface area contributed by atoms with Crippen LogP contribution in [0.1, 0.15) is 33.3 Å². The average Bonchev–Trinajstić information content (AvgIpc) is 3.22. The van der Waals surface area contributed by atoms with Crippen molar-refractivity contribution in [3.63, 3.8) is 0 Å². The van der Waals surface area contributed by atoms with E-state index in [4.69, 9.17) is 11.6 Å². The summed E-state index contributed by atoms with van der Waals surface area (Å²) in [5.74, 6) is -1.27. The zero-order valence-electron chi connectivity index (χ0n) is 17.0. The number of carbonyl (C=O) groups is 3. The van der Waals surface area contributed by atoms with Crippen LogP contribution in [0.4, 0.5) is 5.69 Å². The molecule has 1 aromatic heterocycles. The van der Waals surface area contributed by atoms with Crippen molar-refractivity contribution in [3.8, 4) is 5.69 Å². The van der Waals surface area contributed by atoms with Gasteiger partial charge in [-0.3, -0.25) is 14.4 Å². The second-order valence-corrected chi connectivity index (χ2v) is 6.98. The van der Waals surface area contributed by atoms with Gasteiger partial charge in [0, 0.05) is 16.3 Å². The minimum absolute atomic E-state index is 0.218. The molecule has 0 spiro atoms. The smallest absolute Gasteiger partial charge is 0.325 e. The number of carbonyl (C=O) groups excluding carboxylic acids is 3. The molecule has 3 aromatic rings. The second kappa shape index (κ2) is 9.90. The fourth-order valence-electron chi connectivity index (χ4n) is 2.96. The van der Waals surface area contributed by atoms with Crippen LogP contribution < -0.4 is 10.6 Å². The molecule has 3 rings (SSSR count). The van der Waals surface area contributed by atoms with Gasteiger partial charge in [0.2, 0.25) is 0 Å². The number of esters is 1. The van der Waals surface area contributed by atoms with Gasteiger partial charge in [-0.1, -0.05) is 24.6 Å². The summed E-state index contributed by atoms with van der Waals surface area (Å²) in [6.07, 6.45) is 2.11. The Hall–Kier alpha value is -3.65. The van der Waals surface area contributed by atoms with E-state index in [-0.39, 0.29) is 12.5 Å². The monoisotopic (exact) mass is 440 g/mol. The van der Waals surface area contributed by atoms with Crippen molar-refractivity contribution in [1.29, 1.82) is 0 Å². The lowest BCUT2D eigenvalue weighted by atomic mass is 10.1. The standard InChI is InChI=1S/C22H21ClN4O4/c1-3-19-18(12-25-27(19)17-6-4-5-15(23)11-17)22(30)26-16-9-7-14(8-10-16)21(29)24-13-20(28)31-2/h4-12H,3,13H2,1-2H3,(H,24,29)(H,26,30). The largest absolute Gasteiger partial charge is 0.468 e. The van der Waals surface area contributed by atoms with E-state index in [1.807, 2.05) is 19.1 Å². The Morgan fingerprint density at radius 2 is 1.84 bits per heavy atom. The van der Waals surface area contributed by atoms with Gasteiger partial charge in [0.05, 0.1) is 30.3 Å². The molecule has 0 fully saturated rings. The van der Waals surface area contributed by atoms with Gasteiger partial charge in [-0.05, 0) is 48.9 Å². The predicted octanol–water partition coefficient (Wildman–Crippen LogP) is 3.24. The van der Waals surface area contributed by atoms with Crippen molar-refractivity contribution in [2.24, 2.45) is 0 Å². The SMILES string of the molecule is CCc1c(C(=O)Nc2ccc(C(=O)NCC(=O)OC)cc2)cnn1-c1cccc(Cl)c1. The summed E-state index contributed by atoms with van der Waals surface area (Å²) >= 11 is 6.07. The number of halogens is 1. The number of aromatic nitrogens is 2. The van der Waals surface area contributed by atoms with E-state index < -0.39 is 11.9 Å². The van der Waals surface area contributed by atoms with Crippen molar-refractivity contribution in [1.82, 2.24) is 15.1 Å². The Morgan fingerprint density at radius 3 is 2.48 bits per heavy atom. The first-order valence-corrected chi connectivity index (χ1v) is 9.90. The van der Waals surface area contributed by atoms with Crippen LogP contribution in [-0.2, 0) is 16.0 Å². The maximum Gasteiger partial charge on any atom is 0.325 e. The first-order valence-electron chi connectivity index (χ1n) is 9.52. The van der Waals surface area contributed by atoms with E-state index in [0.717, 1.165) is 11.4 Å². The molecule has 31 heavy (non-hydrogen) atoms. The highest BCUT2D eigenvalue weighted by Crippen LogP contribution is 2.20. The molecular formula is C22H21ClN4O4. The van der Waals surface area contributed by atoms with Crippen molar-refractivity contribution in [3.05, 3.63) is 76.6 Å². The van der Waals surface area contributed by atoms with E-state index in [1.54, 1.807) is 41.1 Å². The van der Waals surface area contributed by atoms with E-state index in [0.29, 0.717) is 28.3 Å². The van der Waals surface area contributed by atoms with E-state index in [1.165, 1.54) is 13.3 Å². The van der Waals surface area contributed by atoms with Crippen molar-refractivity contribution in [2.75, 3.05) is 19.0 Å². The van der Waals surface area contributed by atoms with E-state index in [2.05, 4.69) is 20.5 Å². The Kier molecular flexibility index (Phi) is 7.04. The third kappa shape index (κ3) is 5.29. The molecule has 0 bridgehead atoms. The Bertz CT molecular complexity index is 1110. The van der Waals surface area contributed by atoms with Crippen LogP contribution in [0.3, 0.4) is 0 Å². The molecule has 0 aliphatic rings. The Morgan fingerprint density at radius 1 is 1.10 bits per heavy atom. The number of nitrogens with one attached hydrogen (secondary N) is 2. The van der Waals surface area contributed by atoms with Crippen LogP contribution in [0.25, 0.3) is 5.69 Å². The third-order valence-corrected chi connectivity index (χ3v) is 4.76. The molecule has 0 saturated heterocycles. The lowest BCUT2D eigenvalue weighted by molar-refractivity contribution is -0.139. The molecule has 8 nitrogen and oxygen atoms in total. The zero-order valence-corrected chi connectivity index (χ0v) is 17.8. The molecule has 9 heteroatoms. The molecule has 2 aromatic carbocycles. The molecule has 160 valence electrons. The molecular weight excluding hydrogens is 420 g/mol. The van der Waals surface area contributed by atoms with Gasteiger partial charge in [0.1, 0.15) is 6.54 Å². The number of anilines is 1. The van der Waals surface area contributed by atoms with Gasteiger partial charge in [0.15, 0.2) is 0 Å². The van der Waals surface area contributed by atoms with E-state index >= 15 is 0 Å². The summed E-state index contributed by atoms with van der Waals surface area (Å²) in [6, 6.07) is 13.6. The van der Waals surface area contributed by atoms with Gasteiger partial charge in [-0.15, -0.1) is 0 Å². The van der Waals surface area contributed by atoms with Crippen molar-refractivity contribution in [2.45, 2.75) is 13.3 Å². The Labute approximate surface area is 184 Å². The molecule has 0 atom stereocenters. The van der Waals surface area contributed by atoms with Gasteiger partial charge < -0.3 is 15.4 Å².